The first-order valence-electron chi connectivity index (χ1n) is 7.07. The molecule has 120 valence electrons. The van der Waals surface area contributed by atoms with Crippen LogP contribution in [0.1, 0.15) is 24.4 Å². The second-order valence-corrected chi connectivity index (χ2v) is 5.11. The summed E-state index contributed by atoms with van der Waals surface area (Å²) in [6, 6.07) is 7.18. The fourth-order valence-electron chi connectivity index (χ4n) is 2.12. The van der Waals surface area contributed by atoms with Gasteiger partial charge in [-0.15, -0.1) is 0 Å². The van der Waals surface area contributed by atoms with Gasteiger partial charge in [0, 0.05) is 13.1 Å². The molecule has 1 heterocycles. The molecule has 0 saturated heterocycles. The maximum absolute atomic E-state index is 9.94. The molecule has 1 aromatic heterocycles. The number of halogens is 1. The minimum Gasteiger partial charge on any atom is -0.491 e. The van der Waals surface area contributed by atoms with Gasteiger partial charge in [-0.3, -0.25) is 0 Å². The van der Waals surface area contributed by atoms with Crippen LogP contribution in [0.2, 0.25) is 5.02 Å². The molecule has 0 fully saturated rings. The summed E-state index contributed by atoms with van der Waals surface area (Å²) in [7, 11) is 1.56. The summed E-state index contributed by atoms with van der Waals surface area (Å²) >= 11 is 6.20. The molecule has 0 spiro atoms. The quantitative estimate of drug-likeness (QED) is 0.780. The Morgan fingerprint density at radius 1 is 1.41 bits per heavy atom. The van der Waals surface area contributed by atoms with Crippen molar-refractivity contribution in [3.63, 3.8) is 0 Å². The number of hydrogen-bond donors (Lipinski definition) is 2. The fourth-order valence-corrected chi connectivity index (χ4v) is 2.43. The smallest absolute Gasteiger partial charge is 0.179 e. The van der Waals surface area contributed by atoms with Crippen LogP contribution >= 0.6 is 11.6 Å². The van der Waals surface area contributed by atoms with Crippen LogP contribution in [0.25, 0.3) is 0 Å². The molecule has 0 amide bonds. The van der Waals surface area contributed by atoms with Crippen molar-refractivity contribution in [2.24, 2.45) is 0 Å². The number of furan rings is 1. The Morgan fingerprint density at radius 2 is 2.23 bits per heavy atom. The fraction of sp³-hybridized carbons (Fsp3) is 0.375. The third-order valence-electron chi connectivity index (χ3n) is 3.11. The molecule has 2 aromatic rings. The van der Waals surface area contributed by atoms with E-state index in [1.54, 1.807) is 19.2 Å². The SMILES string of the molecule is CCOc1cc(CNCC(O)c2ccco2)cc(Cl)c1OC. The van der Waals surface area contributed by atoms with Gasteiger partial charge >= 0.3 is 0 Å². The van der Waals surface area contributed by atoms with E-state index in [0.717, 1.165) is 5.56 Å². The van der Waals surface area contributed by atoms with Gasteiger partial charge in [-0.25, -0.2) is 0 Å². The number of methoxy groups -OCH3 is 1. The van der Waals surface area contributed by atoms with E-state index < -0.39 is 6.10 Å². The molecular weight excluding hydrogens is 306 g/mol. The highest BCUT2D eigenvalue weighted by atomic mass is 35.5. The lowest BCUT2D eigenvalue weighted by atomic mass is 10.2. The molecule has 22 heavy (non-hydrogen) atoms. The van der Waals surface area contributed by atoms with Gasteiger partial charge in [-0.2, -0.15) is 0 Å². The summed E-state index contributed by atoms with van der Waals surface area (Å²) in [5.74, 6) is 1.68. The van der Waals surface area contributed by atoms with Crippen LogP contribution in [-0.4, -0.2) is 25.4 Å². The third kappa shape index (κ3) is 4.16. The third-order valence-corrected chi connectivity index (χ3v) is 3.39. The zero-order chi connectivity index (χ0) is 15.9. The maximum atomic E-state index is 9.94. The highest BCUT2D eigenvalue weighted by molar-refractivity contribution is 6.32. The van der Waals surface area contributed by atoms with E-state index in [4.69, 9.17) is 25.5 Å². The van der Waals surface area contributed by atoms with Crippen LogP contribution in [0.4, 0.5) is 0 Å². The van der Waals surface area contributed by atoms with Crippen LogP contribution < -0.4 is 14.8 Å². The maximum Gasteiger partial charge on any atom is 0.179 e. The molecular formula is C16H20ClNO4. The number of aliphatic hydroxyl groups is 1. The second kappa shape index (κ2) is 8.08. The van der Waals surface area contributed by atoms with Crippen LogP contribution in [0.3, 0.4) is 0 Å². The highest BCUT2D eigenvalue weighted by Gasteiger charge is 2.13. The summed E-state index contributed by atoms with van der Waals surface area (Å²) in [6.07, 6.45) is 0.853. The molecule has 0 saturated carbocycles. The predicted molar refractivity (Wildman–Crippen MR) is 84.5 cm³/mol. The van der Waals surface area contributed by atoms with Gasteiger partial charge in [0.15, 0.2) is 11.5 Å². The summed E-state index contributed by atoms with van der Waals surface area (Å²) in [5.41, 5.74) is 0.945. The molecule has 0 radical (unpaired) electrons. The summed E-state index contributed by atoms with van der Waals surface area (Å²) in [5, 5.41) is 13.6. The topological polar surface area (TPSA) is 63.9 Å². The number of rotatable bonds is 8. The number of ether oxygens (including phenoxy) is 2. The lowest BCUT2D eigenvalue weighted by Crippen LogP contribution is -2.20. The molecule has 2 N–H and O–H groups in total. The van der Waals surface area contributed by atoms with E-state index in [9.17, 15) is 5.11 Å². The molecule has 0 bridgehead atoms. The number of nitrogens with one attached hydrogen (secondary N) is 1. The summed E-state index contributed by atoms with van der Waals surface area (Å²) < 4.78 is 15.9. The monoisotopic (exact) mass is 325 g/mol. The normalized spacial score (nSPS) is 12.2. The van der Waals surface area contributed by atoms with Crippen LogP contribution in [0.5, 0.6) is 11.5 Å². The van der Waals surface area contributed by atoms with Gasteiger partial charge in [0.2, 0.25) is 0 Å². The average Bonchev–Trinajstić information content (AvgIpc) is 3.01. The van der Waals surface area contributed by atoms with Crippen molar-refractivity contribution >= 4 is 11.6 Å². The van der Waals surface area contributed by atoms with Gasteiger partial charge in [0.05, 0.1) is 25.0 Å². The molecule has 0 aliphatic heterocycles. The molecule has 1 aromatic carbocycles. The Labute approximate surface area is 134 Å². The Kier molecular flexibility index (Phi) is 6.12. The summed E-state index contributed by atoms with van der Waals surface area (Å²) in [6.45, 7) is 3.35. The van der Waals surface area contributed by atoms with Crippen molar-refractivity contribution in [2.75, 3.05) is 20.3 Å². The van der Waals surface area contributed by atoms with E-state index in [1.165, 1.54) is 6.26 Å². The average molecular weight is 326 g/mol. The van der Waals surface area contributed by atoms with Crippen LogP contribution in [0, 0.1) is 0 Å². The first kappa shape index (κ1) is 16.7. The highest BCUT2D eigenvalue weighted by Crippen LogP contribution is 2.36. The predicted octanol–water partition coefficient (Wildman–Crippen LogP) is 3.16. The van der Waals surface area contributed by atoms with Crippen LogP contribution in [0.15, 0.2) is 34.9 Å². The second-order valence-electron chi connectivity index (χ2n) is 4.70. The first-order chi connectivity index (χ1) is 10.7. The van der Waals surface area contributed by atoms with E-state index in [0.29, 0.717) is 42.0 Å². The molecule has 0 aliphatic rings. The number of benzene rings is 1. The van der Waals surface area contributed by atoms with Crippen molar-refractivity contribution in [1.29, 1.82) is 0 Å². The molecule has 2 rings (SSSR count). The Bertz CT molecular complexity index is 586. The Hall–Kier alpha value is -1.69. The van der Waals surface area contributed by atoms with Gasteiger partial charge in [0.1, 0.15) is 11.9 Å². The van der Waals surface area contributed by atoms with Gasteiger partial charge in [-0.05, 0) is 36.8 Å². The lowest BCUT2D eigenvalue weighted by Gasteiger charge is -2.14. The van der Waals surface area contributed by atoms with E-state index >= 15 is 0 Å². The van der Waals surface area contributed by atoms with Gasteiger partial charge < -0.3 is 24.3 Å². The molecule has 1 unspecified atom stereocenters. The Balaban J connectivity index is 1.97. The number of aliphatic hydroxyl groups excluding tert-OH is 1. The molecule has 1 atom stereocenters. The van der Waals surface area contributed by atoms with Crippen LogP contribution in [-0.2, 0) is 6.54 Å². The van der Waals surface area contributed by atoms with Crippen molar-refractivity contribution in [1.82, 2.24) is 5.32 Å². The van der Waals surface area contributed by atoms with Gasteiger partial charge in [-0.1, -0.05) is 11.6 Å². The van der Waals surface area contributed by atoms with E-state index in [1.807, 2.05) is 19.1 Å². The standard InChI is InChI=1S/C16H20ClNO4/c1-3-21-15-8-11(7-12(17)16(15)20-2)9-18-10-13(19)14-5-4-6-22-14/h4-8,13,18-19H,3,9-10H2,1-2H3. The van der Waals surface area contributed by atoms with Crippen molar-refractivity contribution in [3.8, 4) is 11.5 Å². The summed E-state index contributed by atoms with van der Waals surface area (Å²) in [4.78, 5) is 0. The minimum atomic E-state index is -0.685. The van der Waals surface area contributed by atoms with Crippen molar-refractivity contribution in [3.05, 3.63) is 46.9 Å². The first-order valence-corrected chi connectivity index (χ1v) is 7.44. The van der Waals surface area contributed by atoms with Crippen molar-refractivity contribution < 1.29 is 19.0 Å². The zero-order valence-corrected chi connectivity index (χ0v) is 13.4. The lowest BCUT2D eigenvalue weighted by molar-refractivity contribution is 0.147. The molecule has 6 heteroatoms. The van der Waals surface area contributed by atoms with E-state index in [2.05, 4.69) is 5.32 Å². The molecule has 5 nitrogen and oxygen atoms in total. The largest absolute Gasteiger partial charge is 0.491 e. The minimum absolute atomic E-state index is 0.376. The van der Waals surface area contributed by atoms with Gasteiger partial charge in [0.25, 0.3) is 0 Å². The Morgan fingerprint density at radius 3 is 2.86 bits per heavy atom. The van der Waals surface area contributed by atoms with E-state index in [-0.39, 0.29) is 0 Å². The van der Waals surface area contributed by atoms with Crippen molar-refractivity contribution in [2.45, 2.75) is 19.6 Å². The molecule has 0 aliphatic carbocycles. The zero-order valence-electron chi connectivity index (χ0n) is 12.6. The number of hydrogen-bond acceptors (Lipinski definition) is 5.